The maximum Gasteiger partial charge on any atom is 0.430 e. The van der Waals surface area contributed by atoms with E-state index in [4.69, 9.17) is 0 Å². The maximum absolute atomic E-state index is 13.6. The highest BCUT2D eigenvalue weighted by Crippen LogP contribution is 2.53. The summed E-state index contributed by atoms with van der Waals surface area (Å²) in [5.41, 5.74) is -5.46. The van der Waals surface area contributed by atoms with Gasteiger partial charge in [0.25, 0.3) is 5.60 Å². The van der Waals surface area contributed by atoms with E-state index in [1.54, 1.807) is 6.92 Å². The van der Waals surface area contributed by atoms with Crippen LogP contribution in [0.15, 0.2) is 24.3 Å². The Morgan fingerprint density at radius 2 is 1.36 bits per heavy atom. The van der Waals surface area contributed by atoms with E-state index in [0.29, 0.717) is 37.5 Å². The molecule has 162 valence electrons. The minimum atomic E-state index is -5.95. The van der Waals surface area contributed by atoms with Gasteiger partial charge in [0, 0.05) is 5.56 Å². The first kappa shape index (κ1) is 24.5. The Labute approximate surface area is 155 Å². The van der Waals surface area contributed by atoms with Crippen molar-refractivity contribution in [2.75, 3.05) is 6.61 Å². The molecule has 0 aliphatic carbocycles. The third kappa shape index (κ3) is 6.00. The summed E-state index contributed by atoms with van der Waals surface area (Å²) in [5, 5.41) is 0. The fraction of sp³-hybridized carbons (Fsp3) is 0.647. The van der Waals surface area contributed by atoms with Crippen molar-refractivity contribution in [2.24, 2.45) is 0 Å². The summed E-state index contributed by atoms with van der Waals surface area (Å²) in [6.45, 7) is 1.31. The van der Waals surface area contributed by atoms with Gasteiger partial charge in [-0.05, 0) is 18.9 Å². The number of aryl methyl sites for hydroxylation is 1. The summed E-state index contributed by atoms with van der Waals surface area (Å²) in [5.74, 6) is 0. The molecule has 0 bridgehead atoms. The molecule has 0 amide bonds. The van der Waals surface area contributed by atoms with Crippen LogP contribution >= 0.6 is 0 Å². The van der Waals surface area contributed by atoms with Crippen molar-refractivity contribution in [3.8, 4) is 0 Å². The van der Waals surface area contributed by atoms with Crippen LogP contribution in [0.25, 0.3) is 0 Å². The quantitative estimate of drug-likeness (QED) is 0.359. The molecule has 0 radical (unpaired) electrons. The van der Waals surface area contributed by atoms with E-state index in [-0.39, 0.29) is 0 Å². The van der Waals surface area contributed by atoms with Gasteiger partial charge in [-0.1, -0.05) is 37.6 Å². The molecule has 11 heteroatoms. The smallest absolute Gasteiger partial charge is 0.353 e. The van der Waals surface area contributed by atoms with Gasteiger partial charge in [-0.15, -0.1) is 0 Å². The summed E-state index contributed by atoms with van der Waals surface area (Å²) < 4.78 is 127. The van der Waals surface area contributed by atoms with Crippen LogP contribution in [-0.4, -0.2) is 31.4 Å². The van der Waals surface area contributed by atoms with Gasteiger partial charge in [-0.3, -0.25) is 0 Å². The molecule has 1 aromatic rings. The molecule has 0 saturated heterocycles. The Morgan fingerprint density at radius 3 is 1.75 bits per heavy atom. The van der Waals surface area contributed by atoms with Gasteiger partial charge in [0.15, 0.2) is 6.29 Å². The van der Waals surface area contributed by atoms with Gasteiger partial charge in [-0.2, -0.15) is 39.5 Å². The summed E-state index contributed by atoms with van der Waals surface area (Å²) in [6.07, 6.45) is -19.2. The number of ether oxygens (including phenoxy) is 2. The van der Waals surface area contributed by atoms with Crippen LogP contribution in [0.3, 0.4) is 0 Å². The fourth-order valence-corrected chi connectivity index (χ4v) is 2.51. The molecule has 0 heterocycles. The third-order valence-electron chi connectivity index (χ3n) is 3.78. The summed E-state index contributed by atoms with van der Waals surface area (Å²) in [6, 6.07) is 3.52. The second kappa shape index (κ2) is 8.89. The molecule has 0 aliphatic heterocycles. The van der Waals surface area contributed by atoms with E-state index in [2.05, 4.69) is 9.47 Å². The monoisotopic (exact) mass is 426 g/mol. The molecule has 0 aliphatic rings. The van der Waals surface area contributed by atoms with Crippen molar-refractivity contribution >= 4 is 0 Å². The SMILES string of the molecule is CCCc1ccc(C(OC(C)OCCC(F)(F)F)(C(F)(F)F)C(F)(F)F)cc1. The lowest BCUT2D eigenvalue weighted by Crippen LogP contribution is -2.57. The molecule has 2 nitrogen and oxygen atoms in total. The van der Waals surface area contributed by atoms with Crippen LogP contribution in [0.5, 0.6) is 0 Å². The average Bonchev–Trinajstić information content (AvgIpc) is 2.50. The van der Waals surface area contributed by atoms with Crippen LogP contribution in [0, 0.1) is 0 Å². The Hall–Kier alpha value is -1.49. The van der Waals surface area contributed by atoms with E-state index in [1.807, 2.05) is 0 Å². The Kier molecular flexibility index (Phi) is 7.80. The zero-order valence-electron chi connectivity index (χ0n) is 14.9. The Bertz CT molecular complexity index is 589. The lowest BCUT2D eigenvalue weighted by molar-refractivity contribution is -0.416. The zero-order chi connectivity index (χ0) is 21.8. The van der Waals surface area contributed by atoms with Crippen molar-refractivity contribution in [3.05, 3.63) is 35.4 Å². The van der Waals surface area contributed by atoms with Crippen LogP contribution in [-0.2, 0) is 21.5 Å². The normalized spacial score (nSPS) is 15.0. The van der Waals surface area contributed by atoms with Gasteiger partial charge in [0.2, 0.25) is 0 Å². The standard InChI is InChI=1S/C17H19F9O2/c1-3-4-12-5-7-13(8-6-12)15(16(21,22)23,17(24,25)26)28-11(2)27-10-9-14(18,19)20/h5-8,11H,3-4,9-10H2,1-2H3. The highest BCUT2D eigenvalue weighted by molar-refractivity contribution is 5.31. The number of benzene rings is 1. The molecule has 0 fully saturated rings. The predicted molar refractivity (Wildman–Crippen MR) is 81.4 cm³/mol. The summed E-state index contributed by atoms with van der Waals surface area (Å²) in [4.78, 5) is 0. The summed E-state index contributed by atoms with van der Waals surface area (Å²) >= 11 is 0. The molecule has 1 aromatic carbocycles. The molecule has 0 spiro atoms. The largest absolute Gasteiger partial charge is 0.430 e. The number of hydrogen-bond acceptors (Lipinski definition) is 2. The van der Waals surface area contributed by atoms with Gasteiger partial charge in [-0.25, -0.2) is 0 Å². The van der Waals surface area contributed by atoms with E-state index >= 15 is 0 Å². The average molecular weight is 426 g/mol. The van der Waals surface area contributed by atoms with Crippen molar-refractivity contribution in [2.45, 2.75) is 63.5 Å². The van der Waals surface area contributed by atoms with Gasteiger partial charge in [0.05, 0.1) is 13.0 Å². The lowest BCUT2D eigenvalue weighted by Gasteiger charge is -2.39. The molecule has 28 heavy (non-hydrogen) atoms. The first-order valence-corrected chi connectivity index (χ1v) is 8.23. The Morgan fingerprint density at radius 1 is 0.857 bits per heavy atom. The van der Waals surface area contributed by atoms with Gasteiger partial charge in [0.1, 0.15) is 0 Å². The van der Waals surface area contributed by atoms with Crippen LogP contribution in [0.2, 0.25) is 0 Å². The van der Waals surface area contributed by atoms with Crippen molar-refractivity contribution < 1.29 is 49.0 Å². The number of rotatable bonds is 8. The molecule has 0 aromatic heterocycles. The molecular formula is C17H19F9O2. The highest BCUT2D eigenvalue weighted by atomic mass is 19.4. The number of alkyl halides is 9. The molecule has 1 rings (SSSR count). The van der Waals surface area contributed by atoms with Crippen LogP contribution in [0.1, 0.15) is 37.8 Å². The topological polar surface area (TPSA) is 18.5 Å². The number of halogens is 9. The zero-order valence-corrected chi connectivity index (χ0v) is 14.9. The van der Waals surface area contributed by atoms with Crippen LogP contribution in [0.4, 0.5) is 39.5 Å². The van der Waals surface area contributed by atoms with Crippen molar-refractivity contribution in [1.82, 2.24) is 0 Å². The lowest BCUT2D eigenvalue weighted by atomic mass is 9.90. The second-order valence-corrected chi connectivity index (χ2v) is 6.05. The van der Waals surface area contributed by atoms with E-state index in [9.17, 15) is 39.5 Å². The summed E-state index contributed by atoms with van der Waals surface area (Å²) in [7, 11) is 0. The first-order chi connectivity index (χ1) is 12.6. The highest BCUT2D eigenvalue weighted by Gasteiger charge is 2.74. The molecule has 0 N–H and O–H groups in total. The maximum atomic E-state index is 13.6. The number of hydrogen-bond donors (Lipinski definition) is 0. The molecular weight excluding hydrogens is 407 g/mol. The van der Waals surface area contributed by atoms with E-state index in [0.717, 1.165) is 12.1 Å². The van der Waals surface area contributed by atoms with Gasteiger partial charge >= 0.3 is 18.5 Å². The van der Waals surface area contributed by atoms with E-state index in [1.165, 1.54) is 0 Å². The van der Waals surface area contributed by atoms with Crippen molar-refractivity contribution in [3.63, 3.8) is 0 Å². The van der Waals surface area contributed by atoms with Crippen LogP contribution < -0.4 is 0 Å². The minimum absolute atomic E-state index is 0.448. The van der Waals surface area contributed by atoms with Gasteiger partial charge < -0.3 is 9.47 Å². The first-order valence-electron chi connectivity index (χ1n) is 8.23. The van der Waals surface area contributed by atoms with E-state index < -0.39 is 49.0 Å². The molecule has 1 atom stereocenters. The van der Waals surface area contributed by atoms with Crippen molar-refractivity contribution in [1.29, 1.82) is 0 Å². The predicted octanol–water partition coefficient (Wildman–Crippen LogP) is 6.29. The molecule has 0 saturated carbocycles. The fourth-order valence-electron chi connectivity index (χ4n) is 2.51. The second-order valence-electron chi connectivity index (χ2n) is 6.05. The minimum Gasteiger partial charge on any atom is -0.353 e. The Balaban J connectivity index is 3.24. The molecule has 1 unspecified atom stereocenters. The third-order valence-corrected chi connectivity index (χ3v) is 3.78.